The van der Waals surface area contributed by atoms with E-state index in [4.69, 9.17) is 9.73 Å². The van der Waals surface area contributed by atoms with Crippen molar-refractivity contribution in [2.24, 2.45) is 4.99 Å². The van der Waals surface area contributed by atoms with Crippen molar-refractivity contribution in [1.82, 2.24) is 15.5 Å². The van der Waals surface area contributed by atoms with Gasteiger partial charge in [-0.25, -0.2) is 0 Å². The highest BCUT2D eigenvalue weighted by molar-refractivity contribution is 9.10. The van der Waals surface area contributed by atoms with E-state index in [1.54, 1.807) is 0 Å². The smallest absolute Gasteiger partial charge is 0.191 e. The number of benzene rings is 1. The summed E-state index contributed by atoms with van der Waals surface area (Å²) >= 11 is 3.72. The Morgan fingerprint density at radius 2 is 1.85 bits per heavy atom. The molecule has 0 unspecified atom stereocenters. The quantitative estimate of drug-likeness (QED) is 0.509. The molecule has 2 N–H and O–H groups in total. The van der Waals surface area contributed by atoms with Gasteiger partial charge in [0.2, 0.25) is 0 Å². The zero-order chi connectivity index (χ0) is 19.3. The molecule has 1 saturated carbocycles. The van der Waals surface area contributed by atoms with Gasteiger partial charge in [-0.2, -0.15) is 0 Å². The molecule has 0 atom stereocenters. The molecule has 1 heterocycles. The molecule has 150 valence electrons. The lowest BCUT2D eigenvalue weighted by molar-refractivity contribution is -0.00254. The van der Waals surface area contributed by atoms with Crippen LogP contribution in [-0.2, 0) is 10.2 Å². The molecule has 0 spiro atoms. The first-order valence-corrected chi connectivity index (χ1v) is 10.8. The summed E-state index contributed by atoms with van der Waals surface area (Å²) < 4.78 is 6.79. The Hall–Kier alpha value is -1.11. The average molecular weight is 437 g/mol. The summed E-state index contributed by atoms with van der Waals surface area (Å²) in [6.45, 7) is 6.34. The zero-order valence-corrected chi connectivity index (χ0v) is 18.4. The Morgan fingerprint density at radius 3 is 2.44 bits per heavy atom. The van der Waals surface area contributed by atoms with E-state index in [1.165, 1.54) is 22.9 Å². The minimum atomic E-state index is 0.0975. The van der Waals surface area contributed by atoms with Crippen LogP contribution >= 0.6 is 15.9 Å². The number of hydrogen-bond donors (Lipinski definition) is 2. The Morgan fingerprint density at radius 1 is 1.15 bits per heavy atom. The molecule has 1 aromatic carbocycles. The lowest BCUT2D eigenvalue weighted by Crippen LogP contribution is -2.52. The van der Waals surface area contributed by atoms with Crippen molar-refractivity contribution in [2.45, 2.75) is 43.6 Å². The first-order valence-electron chi connectivity index (χ1n) is 10.0. The number of aliphatic imine (C=N–C) groups is 1. The van der Waals surface area contributed by atoms with Crippen LogP contribution in [0.4, 0.5) is 0 Å². The van der Waals surface area contributed by atoms with E-state index in [1.807, 2.05) is 0 Å². The van der Waals surface area contributed by atoms with Crippen molar-refractivity contribution >= 4 is 21.9 Å². The van der Waals surface area contributed by atoms with Gasteiger partial charge in [-0.3, -0.25) is 4.99 Å². The van der Waals surface area contributed by atoms with Gasteiger partial charge in [-0.1, -0.05) is 34.1 Å². The van der Waals surface area contributed by atoms with Gasteiger partial charge < -0.3 is 20.3 Å². The van der Waals surface area contributed by atoms with Crippen LogP contribution in [0.15, 0.2) is 33.7 Å². The minimum absolute atomic E-state index is 0.0975. The maximum Gasteiger partial charge on any atom is 0.191 e. The summed E-state index contributed by atoms with van der Waals surface area (Å²) in [5.74, 6) is 0.920. The third-order valence-electron chi connectivity index (χ3n) is 6.14. The van der Waals surface area contributed by atoms with E-state index < -0.39 is 0 Å². The second-order valence-corrected chi connectivity index (χ2v) is 8.89. The molecule has 2 aliphatic rings. The SMILES string of the molecule is CCNC(=NCC1(N(C)C)CCOCC1)NCC1(c2ccccc2Br)CC1. The van der Waals surface area contributed by atoms with Crippen molar-refractivity contribution in [3.05, 3.63) is 34.3 Å². The molecular weight excluding hydrogens is 404 g/mol. The number of hydrogen-bond acceptors (Lipinski definition) is 3. The first kappa shape index (κ1) is 20.6. The molecule has 0 amide bonds. The van der Waals surface area contributed by atoms with E-state index >= 15 is 0 Å². The van der Waals surface area contributed by atoms with Gasteiger partial charge in [0, 0.05) is 41.7 Å². The molecule has 1 aromatic rings. The van der Waals surface area contributed by atoms with Gasteiger partial charge in [0.15, 0.2) is 5.96 Å². The Labute approximate surface area is 172 Å². The highest BCUT2D eigenvalue weighted by atomic mass is 79.9. The monoisotopic (exact) mass is 436 g/mol. The Bertz CT molecular complexity index is 651. The fourth-order valence-corrected chi connectivity index (χ4v) is 4.61. The molecule has 1 aliphatic carbocycles. The number of rotatable bonds is 7. The molecule has 0 aromatic heterocycles. The predicted molar refractivity (Wildman–Crippen MR) is 116 cm³/mol. The second-order valence-electron chi connectivity index (χ2n) is 8.04. The third-order valence-corrected chi connectivity index (χ3v) is 6.83. The topological polar surface area (TPSA) is 48.9 Å². The number of nitrogens with zero attached hydrogens (tertiary/aromatic N) is 2. The maximum atomic E-state index is 5.58. The molecule has 6 heteroatoms. The molecule has 1 aliphatic heterocycles. The number of ether oxygens (including phenoxy) is 1. The number of guanidine groups is 1. The van der Waals surface area contributed by atoms with Crippen LogP contribution in [0.2, 0.25) is 0 Å². The third kappa shape index (κ3) is 4.84. The first-order chi connectivity index (χ1) is 13.0. The number of halogens is 1. The van der Waals surface area contributed by atoms with Gasteiger partial charge in [-0.05, 0) is 58.3 Å². The van der Waals surface area contributed by atoms with Crippen molar-refractivity contribution in [3.8, 4) is 0 Å². The molecule has 3 rings (SSSR count). The van der Waals surface area contributed by atoms with Crippen molar-refractivity contribution in [2.75, 3.05) is 46.9 Å². The molecular formula is C21H33BrN4O. The lowest BCUT2D eigenvalue weighted by atomic mass is 9.89. The van der Waals surface area contributed by atoms with Gasteiger partial charge in [-0.15, -0.1) is 0 Å². The molecule has 2 fully saturated rings. The highest BCUT2D eigenvalue weighted by Gasteiger charge is 2.45. The summed E-state index contributed by atoms with van der Waals surface area (Å²) in [6.07, 6.45) is 4.51. The Balaban J connectivity index is 1.67. The summed E-state index contributed by atoms with van der Waals surface area (Å²) in [4.78, 5) is 7.29. The molecule has 27 heavy (non-hydrogen) atoms. The normalized spacial score (nSPS) is 21.1. The Kier molecular flexibility index (Phi) is 6.82. The number of nitrogens with one attached hydrogen (secondary N) is 2. The van der Waals surface area contributed by atoms with Crippen LogP contribution in [0.3, 0.4) is 0 Å². The van der Waals surface area contributed by atoms with Gasteiger partial charge in [0.25, 0.3) is 0 Å². The largest absolute Gasteiger partial charge is 0.381 e. The van der Waals surface area contributed by atoms with Crippen molar-refractivity contribution < 1.29 is 4.74 Å². The number of likely N-dealkylation sites (N-methyl/N-ethyl adjacent to an activating group) is 1. The van der Waals surface area contributed by atoms with Crippen molar-refractivity contribution in [1.29, 1.82) is 0 Å². The summed E-state index contributed by atoms with van der Waals surface area (Å²) in [5.41, 5.74) is 1.73. The van der Waals surface area contributed by atoms with Crippen LogP contribution in [0.1, 0.15) is 38.2 Å². The van der Waals surface area contributed by atoms with Crippen LogP contribution in [-0.4, -0.2) is 63.3 Å². The lowest BCUT2D eigenvalue weighted by Gasteiger charge is -2.41. The minimum Gasteiger partial charge on any atom is -0.381 e. The van der Waals surface area contributed by atoms with Gasteiger partial charge in [0.05, 0.1) is 6.54 Å². The van der Waals surface area contributed by atoms with Gasteiger partial charge in [0.1, 0.15) is 0 Å². The standard InChI is InChI=1S/C21H33BrN4O/c1-4-23-19(25-16-21(26(2)3)11-13-27-14-12-21)24-15-20(9-10-20)17-7-5-6-8-18(17)22/h5-8H,4,9-16H2,1-3H3,(H2,23,24,25). The maximum absolute atomic E-state index is 5.58. The fourth-order valence-electron chi connectivity index (χ4n) is 3.90. The highest BCUT2D eigenvalue weighted by Crippen LogP contribution is 2.49. The summed E-state index contributed by atoms with van der Waals surface area (Å²) in [6, 6.07) is 8.59. The summed E-state index contributed by atoms with van der Waals surface area (Å²) in [5, 5.41) is 7.04. The van der Waals surface area contributed by atoms with E-state index in [0.29, 0.717) is 0 Å². The van der Waals surface area contributed by atoms with E-state index in [9.17, 15) is 0 Å². The second kappa shape index (κ2) is 8.93. The van der Waals surface area contributed by atoms with Crippen molar-refractivity contribution in [3.63, 3.8) is 0 Å². The van der Waals surface area contributed by atoms with E-state index in [2.05, 4.69) is 76.7 Å². The molecule has 0 radical (unpaired) electrons. The molecule has 0 bridgehead atoms. The van der Waals surface area contributed by atoms with E-state index in [-0.39, 0.29) is 11.0 Å². The van der Waals surface area contributed by atoms with Crippen LogP contribution in [0.25, 0.3) is 0 Å². The zero-order valence-electron chi connectivity index (χ0n) is 16.9. The fraction of sp³-hybridized carbons (Fsp3) is 0.667. The van der Waals surface area contributed by atoms with Crippen LogP contribution in [0.5, 0.6) is 0 Å². The van der Waals surface area contributed by atoms with Crippen LogP contribution < -0.4 is 10.6 Å². The molecule has 1 saturated heterocycles. The average Bonchev–Trinajstić information content (AvgIpc) is 3.46. The van der Waals surface area contributed by atoms with Gasteiger partial charge >= 0.3 is 0 Å². The van der Waals surface area contributed by atoms with E-state index in [0.717, 1.165) is 51.6 Å². The predicted octanol–water partition coefficient (Wildman–Crippen LogP) is 3.15. The molecule has 5 nitrogen and oxygen atoms in total. The summed E-state index contributed by atoms with van der Waals surface area (Å²) in [7, 11) is 4.32. The van der Waals surface area contributed by atoms with Crippen LogP contribution in [0, 0.1) is 0 Å².